The van der Waals surface area contributed by atoms with Crippen molar-refractivity contribution < 1.29 is 19.1 Å². The van der Waals surface area contributed by atoms with Gasteiger partial charge in [-0.05, 0) is 54.8 Å². The van der Waals surface area contributed by atoms with Crippen molar-refractivity contribution in [3.05, 3.63) is 95.1 Å². The van der Waals surface area contributed by atoms with Crippen LogP contribution in [0.5, 0.6) is 0 Å². The molecule has 1 unspecified atom stereocenters. The van der Waals surface area contributed by atoms with Gasteiger partial charge in [0, 0.05) is 30.5 Å². The number of hydrogen-bond donors (Lipinski definition) is 0. The number of hydrogen-bond acceptors (Lipinski definition) is 6. The van der Waals surface area contributed by atoms with E-state index in [1.54, 1.807) is 4.90 Å². The SMILES string of the molecule is Cc1cc2c(cc1C)N(c1ccccc1)CN(CCOC1C(=O)SC(=O)N1Cc1ccccc1)C2=O. The van der Waals surface area contributed by atoms with Crippen LogP contribution in [0.15, 0.2) is 72.8 Å². The molecule has 0 aliphatic carbocycles. The van der Waals surface area contributed by atoms with Crippen molar-refractivity contribution in [2.45, 2.75) is 26.6 Å². The Morgan fingerprint density at radius 1 is 0.917 bits per heavy atom. The number of rotatable bonds is 7. The standard InChI is InChI=1S/C28H27N3O4S/c1-19-15-23-24(16-20(19)2)31(22-11-7-4-8-12-22)18-29(25(23)32)13-14-35-26-27(33)36-28(34)30(26)17-21-9-5-3-6-10-21/h3-12,15-16,26H,13-14,17-18H2,1-2H3. The summed E-state index contributed by atoms with van der Waals surface area (Å²) < 4.78 is 5.92. The number of benzene rings is 3. The molecule has 3 aromatic rings. The predicted molar refractivity (Wildman–Crippen MR) is 140 cm³/mol. The maximum atomic E-state index is 13.4. The van der Waals surface area contributed by atoms with E-state index >= 15 is 0 Å². The van der Waals surface area contributed by atoms with E-state index in [2.05, 4.69) is 11.0 Å². The molecule has 8 heteroatoms. The number of fused-ring (bicyclic) bond motifs is 1. The Kier molecular flexibility index (Phi) is 6.80. The number of carbonyl (C=O) groups is 3. The molecule has 0 N–H and O–H groups in total. The fourth-order valence-corrected chi connectivity index (χ4v) is 5.20. The summed E-state index contributed by atoms with van der Waals surface area (Å²) in [5.74, 6) is -0.0757. The zero-order valence-corrected chi connectivity index (χ0v) is 21.0. The van der Waals surface area contributed by atoms with E-state index in [0.717, 1.165) is 28.1 Å². The molecule has 0 bridgehead atoms. The third kappa shape index (κ3) is 4.74. The van der Waals surface area contributed by atoms with Gasteiger partial charge in [0.1, 0.15) is 0 Å². The van der Waals surface area contributed by atoms with Gasteiger partial charge < -0.3 is 14.5 Å². The summed E-state index contributed by atoms with van der Waals surface area (Å²) in [6, 6.07) is 23.4. The number of anilines is 2. The predicted octanol–water partition coefficient (Wildman–Crippen LogP) is 5.09. The molecule has 5 rings (SSSR count). The normalized spacial score (nSPS) is 17.7. The maximum Gasteiger partial charge on any atom is 0.292 e. The monoisotopic (exact) mass is 501 g/mol. The Balaban J connectivity index is 1.32. The average molecular weight is 502 g/mol. The number of carbonyl (C=O) groups excluding carboxylic acids is 3. The third-order valence-corrected chi connectivity index (χ3v) is 7.35. The van der Waals surface area contributed by atoms with Crippen LogP contribution in [0.4, 0.5) is 16.2 Å². The molecule has 2 heterocycles. The molecule has 3 aromatic carbocycles. The quantitative estimate of drug-likeness (QED) is 0.449. The Bertz CT molecular complexity index is 1300. The lowest BCUT2D eigenvalue weighted by Crippen LogP contribution is -2.47. The van der Waals surface area contributed by atoms with E-state index in [4.69, 9.17) is 4.74 Å². The molecule has 1 saturated heterocycles. The van der Waals surface area contributed by atoms with Gasteiger partial charge in [0.2, 0.25) is 11.3 Å². The van der Waals surface area contributed by atoms with Gasteiger partial charge in [0.05, 0.1) is 24.5 Å². The summed E-state index contributed by atoms with van der Waals surface area (Å²) in [6.45, 7) is 5.11. The van der Waals surface area contributed by atoms with Crippen LogP contribution in [0.1, 0.15) is 27.0 Å². The van der Waals surface area contributed by atoms with Gasteiger partial charge in [-0.25, -0.2) is 0 Å². The first kappa shape index (κ1) is 24.1. The summed E-state index contributed by atoms with van der Waals surface area (Å²) in [4.78, 5) is 43.6. The highest BCUT2D eigenvalue weighted by molar-refractivity contribution is 8.26. The summed E-state index contributed by atoms with van der Waals surface area (Å²) in [5.41, 5.74) is 5.61. The molecule has 1 atom stereocenters. The van der Waals surface area contributed by atoms with Crippen LogP contribution in [0.3, 0.4) is 0 Å². The molecule has 7 nitrogen and oxygen atoms in total. The molecule has 1 fully saturated rings. The number of nitrogens with zero attached hydrogens (tertiary/aromatic N) is 3. The minimum Gasteiger partial charge on any atom is -0.348 e. The highest BCUT2D eigenvalue weighted by Gasteiger charge is 2.41. The van der Waals surface area contributed by atoms with E-state index < -0.39 is 6.23 Å². The van der Waals surface area contributed by atoms with Gasteiger partial charge in [0.15, 0.2) is 0 Å². The lowest BCUT2D eigenvalue weighted by molar-refractivity contribution is -0.129. The first-order valence-corrected chi connectivity index (χ1v) is 12.6. The van der Waals surface area contributed by atoms with Crippen LogP contribution >= 0.6 is 11.8 Å². The zero-order chi connectivity index (χ0) is 25.2. The maximum absolute atomic E-state index is 13.4. The van der Waals surface area contributed by atoms with E-state index in [1.165, 1.54) is 4.90 Å². The molecule has 0 radical (unpaired) electrons. The van der Waals surface area contributed by atoms with Gasteiger partial charge in [0.25, 0.3) is 11.1 Å². The fraction of sp³-hybridized carbons (Fsp3) is 0.250. The summed E-state index contributed by atoms with van der Waals surface area (Å²) in [7, 11) is 0. The second-order valence-electron chi connectivity index (χ2n) is 8.95. The zero-order valence-electron chi connectivity index (χ0n) is 20.2. The van der Waals surface area contributed by atoms with Crippen molar-refractivity contribution in [1.82, 2.24) is 9.80 Å². The molecule has 2 aliphatic rings. The van der Waals surface area contributed by atoms with Crippen molar-refractivity contribution in [2.24, 2.45) is 0 Å². The van der Waals surface area contributed by atoms with Crippen LogP contribution in [-0.2, 0) is 16.1 Å². The highest BCUT2D eigenvalue weighted by atomic mass is 32.2. The third-order valence-electron chi connectivity index (χ3n) is 6.54. The lowest BCUT2D eigenvalue weighted by atomic mass is 10.00. The lowest BCUT2D eigenvalue weighted by Gasteiger charge is -2.38. The van der Waals surface area contributed by atoms with Crippen molar-refractivity contribution in [1.29, 1.82) is 0 Å². The molecule has 184 valence electrons. The van der Waals surface area contributed by atoms with Gasteiger partial charge in [-0.15, -0.1) is 0 Å². The minimum absolute atomic E-state index is 0.0757. The molecule has 2 aliphatic heterocycles. The molecular weight excluding hydrogens is 474 g/mol. The molecule has 36 heavy (non-hydrogen) atoms. The highest BCUT2D eigenvalue weighted by Crippen LogP contribution is 2.35. The van der Waals surface area contributed by atoms with Gasteiger partial charge >= 0.3 is 0 Å². The van der Waals surface area contributed by atoms with Crippen LogP contribution in [-0.4, -0.2) is 52.1 Å². The number of ether oxygens (including phenoxy) is 1. The minimum atomic E-state index is -0.968. The largest absolute Gasteiger partial charge is 0.348 e. The first-order chi connectivity index (χ1) is 17.4. The Hall–Kier alpha value is -3.62. The summed E-state index contributed by atoms with van der Waals surface area (Å²) >= 11 is 0.668. The van der Waals surface area contributed by atoms with Crippen molar-refractivity contribution in [3.63, 3.8) is 0 Å². The fourth-order valence-electron chi connectivity index (χ4n) is 4.46. The molecule has 0 aromatic heterocycles. The van der Waals surface area contributed by atoms with Crippen molar-refractivity contribution in [3.8, 4) is 0 Å². The van der Waals surface area contributed by atoms with E-state index in [1.807, 2.05) is 80.6 Å². The van der Waals surface area contributed by atoms with Gasteiger partial charge in [-0.2, -0.15) is 0 Å². The summed E-state index contributed by atoms with van der Waals surface area (Å²) in [5, 5.41) is -0.652. The number of thioether (sulfide) groups is 1. The molecule has 2 amide bonds. The molecule has 0 saturated carbocycles. The molecular formula is C28H27N3O4S. The van der Waals surface area contributed by atoms with Crippen LogP contribution in [0.25, 0.3) is 0 Å². The van der Waals surface area contributed by atoms with Gasteiger partial charge in [-0.1, -0.05) is 48.5 Å². The second-order valence-corrected chi connectivity index (χ2v) is 9.91. The van der Waals surface area contributed by atoms with Crippen LogP contribution < -0.4 is 4.90 Å². The van der Waals surface area contributed by atoms with Crippen molar-refractivity contribution in [2.75, 3.05) is 24.7 Å². The van der Waals surface area contributed by atoms with E-state index in [9.17, 15) is 14.4 Å². The van der Waals surface area contributed by atoms with Crippen LogP contribution in [0.2, 0.25) is 0 Å². The number of aryl methyl sites for hydroxylation is 2. The molecule has 0 spiro atoms. The summed E-state index contributed by atoms with van der Waals surface area (Å²) in [6.07, 6.45) is -0.968. The average Bonchev–Trinajstić information content (AvgIpc) is 3.15. The van der Waals surface area contributed by atoms with Gasteiger partial charge in [-0.3, -0.25) is 19.3 Å². The smallest absolute Gasteiger partial charge is 0.292 e. The second kappa shape index (κ2) is 10.2. The topological polar surface area (TPSA) is 70.2 Å². The first-order valence-electron chi connectivity index (χ1n) is 11.8. The van der Waals surface area contributed by atoms with E-state index in [-0.39, 0.29) is 29.4 Å². The number of para-hydroxylation sites is 1. The van der Waals surface area contributed by atoms with Crippen LogP contribution in [0, 0.1) is 13.8 Å². The van der Waals surface area contributed by atoms with Crippen molar-refractivity contribution >= 4 is 39.4 Å². The van der Waals surface area contributed by atoms with E-state index in [0.29, 0.717) is 30.5 Å². The Morgan fingerprint density at radius 2 is 1.58 bits per heavy atom. The number of amides is 2. The Morgan fingerprint density at radius 3 is 2.31 bits per heavy atom. The Labute approximate surface area is 214 Å².